The van der Waals surface area contributed by atoms with Crippen LogP contribution in [-0.4, -0.2) is 196 Å². The number of carboxylic acid groups (broad SMARTS) is 3. The summed E-state index contributed by atoms with van der Waals surface area (Å²) in [6, 6.07) is 16.8. The predicted octanol–water partition coefficient (Wildman–Crippen LogP) is 1.84. The van der Waals surface area contributed by atoms with Crippen LogP contribution in [0.2, 0.25) is 0 Å². The van der Waals surface area contributed by atoms with Crippen LogP contribution in [0.25, 0.3) is 10.4 Å². The second-order valence-electron chi connectivity index (χ2n) is 15.8. The first kappa shape index (κ1) is 70.7. The number of aromatic carboxylic acids is 3. The minimum Gasteiger partial charge on any atom is -0.477 e. The van der Waals surface area contributed by atoms with Crippen molar-refractivity contribution in [3.63, 3.8) is 0 Å². The van der Waals surface area contributed by atoms with Gasteiger partial charge in [-0.05, 0) is 22.3 Å². The number of hydrogen-bond acceptors (Lipinski definition) is 26. The molecule has 0 radical (unpaired) electrons. The van der Waals surface area contributed by atoms with Crippen LogP contribution in [0.3, 0.4) is 0 Å². The topological polar surface area (TPSA) is 517 Å². The Kier molecular flexibility index (Phi) is 28.3. The largest absolute Gasteiger partial charge is 0.477 e. The van der Waals surface area contributed by atoms with E-state index in [9.17, 15) is 57.5 Å². The van der Waals surface area contributed by atoms with Gasteiger partial charge in [0.2, 0.25) is 0 Å². The number of esters is 8. The van der Waals surface area contributed by atoms with E-state index in [1.807, 2.05) is 30.3 Å². The lowest BCUT2D eigenvalue weighted by Gasteiger charge is -2.03. The van der Waals surface area contributed by atoms with Gasteiger partial charge in [0, 0.05) is 63.4 Å². The van der Waals surface area contributed by atoms with E-state index in [0.29, 0.717) is 11.4 Å². The molecule has 87 heavy (non-hydrogen) atoms. The van der Waals surface area contributed by atoms with E-state index in [1.165, 1.54) is 102 Å². The number of azide groups is 1. The van der Waals surface area contributed by atoms with E-state index < -0.39 is 71.6 Å². The van der Waals surface area contributed by atoms with Gasteiger partial charge in [0.05, 0.1) is 61.9 Å². The predicted molar refractivity (Wildman–Crippen MR) is 284 cm³/mol. The highest BCUT2D eigenvalue weighted by molar-refractivity contribution is 5.97. The number of benzene rings is 1. The molecule has 0 spiro atoms. The van der Waals surface area contributed by atoms with Crippen molar-refractivity contribution in [2.75, 3.05) is 49.8 Å². The molecule has 0 bridgehead atoms. The van der Waals surface area contributed by atoms with E-state index in [2.05, 4.69) is 84.0 Å². The average Bonchev–Trinajstić information content (AvgIpc) is 3.52. The Labute approximate surface area is 488 Å². The monoisotopic (exact) mass is 1220 g/mol. The Morgan fingerprint density at radius 2 is 0.862 bits per heavy atom. The van der Waals surface area contributed by atoms with Crippen molar-refractivity contribution < 1.29 is 111 Å². The van der Waals surface area contributed by atoms with E-state index in [4.69, 9.17) is 25.6 Å². The molecule has 0 unspecified atom stereocenters. The number of aromatic amines is 2. The second kappa shape index (κ2) is 34.8. The number of aromatic nitrogens is 12. The number of methoxy groups -OCH3 is 7. The van der Waals surface area contributed by atoms with Crippen molar-refractivity contribution in [1.29, 1.82) is 0 Å². The fourth-order valence-corrected chi connectivity index (χ4v) is 5.93. The Morgan fingerprint density at radius 3 is 1.29 bits per heavy atom. The Bertz CT molecular complexity index is 3600. The van der Waals surface area contributed by atoms with E-state index in [-0.39, 0.29) is 70.0 Å². The van der Waals surface area contributed by atoms with E-state index in [0.717, 1.165) is 22.4 Å². The molecule has 5 N–H and O–H groups in total. The summed E-state index contributed by atoms with van der Waals surface area (Å²) < 4.78 is 41.4. The van der Waals surface area contributed by atoms with Gasteiger partial charge in [0.25, 0.3) is 5.91 Å². The molecule has 0 saturated carbocycles. The molecule has 38 heteroatoms. The lowest BCUT2D eigenvalue weighted by molar-refractivity contribution is -0.144. The van der Waals surface area contributed by atoms with Gasteiger partial charge in [-0.25, -0.2) is 47.9 Å². The van der Waals surface area contributed by atoms with E-state index >= 15 is 0 Å². The summed E-state index contributed by atoms with van der Waals surface area (Å²) in [4.78, 5) is 133. The molecule has 0 aliphatic carbocycles. The molecule has 38 nitrogen and oxygen atoms in total. The maximum atomic E-state index is 11.8. The molecule has 6 aromatic heterocycles. The summed E-state index contributed by atoms with van der Waals surface area (Å²) in [7, 11) is 14.8. The van der Waals surface area contributed by atoms with Gasteiger partial charge in [-0.2, -0.15) is 30.6 Å². The molecular weight excluding hydrogens is 1170 g/mol. The zero-order valence-corrected chi connectivity index (χ0v) is 47.6. The Hall–Kier alpha value is -12.4. The number of carbonyl (C=O) groups is 12. The Balaban J connectivity index is 0.000000361. The molecule has 0 fully saturated rings. The van der Waals surface area contributed by atoms with Gasteiger partial charge < -0.3 is 53.2 Å². The molecule has 0 atom stereocenters. The number of nitrogens with zero attached hydrogens (tertiary/aromatic N) is 13. The lowest BCUT2D eigenvalue weighted by Crippen LogP contribution is -2.09. The van der Waals surface area contributed by atoms with Crippen molar-refractivity contribution >= 4 is 71.6 Å². The van der Waals surface area contributed by atoms with Gasteiger partial charge in [-0.3, -0.25) is 38.5 Å². The average molecular weight is 1220 g/mol. The summed E-state index contributed by atoms with van der Waals surface area (Å²) >= 11 is 0. The minimum absolute atomic E-state index is 0.0116. The molecule has 0 saturated heterocycles. The third kappa shape index (κ3) is 21.8. The zero-order chi connectivity index (χ0) is 65.7. The maximum absolute atomic E-state index is 11.8. The normalized spacial score (nSPS) is 9.64. The summed E-state index contributed by atoms with van der Waals surface area (Å²) in [6.45, 7) is 0.219. The second-order valence-corrected chi connectivity index (χ2v) is 15.8. The molecule has 7 rings (SSSR count). The molecule has 1 amide bonds. The molecule has 0 aliphatic heterocycles. The van der Waals surface area contributed by atoms with Crippen LogP contribution in [0.4, 0.5) is 0 Å². The number of nitrogens with one attached hydrogen (secondary N) is 2. The maximum Gasteiger partial charge on any atom is 0.358 e. The SMILES string of the molecule is COC(=O)c1cc(C(=O)N=[N+]=[N-])nn1C.COC(=O)c1cc(C(=O)O)nn1C.COC(=O)c1cc(C(=O)OC)[nH]n1.COC(=O)c1cc(C(=O)OC)n(C)n1.COC(=O)c1cc(CC(=O)OCc2ccccc2)nn1C.O=C(O)c1cc(C(=O)O)[nH]n1. The molecular formula is C49H53N15O23. The fourth-order valence-electron chi connectivity index (χ4n) is 5.93. The van der Waals surface area contributed by atoms with Gasteiger partial charge in [0.15, 0.2) is 22.8 Å². The Morgan fingerprint density at radius 1 is 0.471 bits per heavy atom. The third-order valence-corrected chi connectivity index (χ3v) is 10.1. The highest BCUT2D eigenvalue weighted by Gasteiger charge is 2.21. The quantitative estimate of drug-likeness (QED) is 0.0321. The van der Waals surface area contributed by atoms with Crippen LogP contribution in [0.1, 0.15) is 127 Å². The smallest absolute Gasteiger partial charge is 0.358 e. The number of hydrogen-bond donors (Lipinski definition) is 5. The number of H-pyrrole nitrogens is 2. The van der Waals surface area contributed by atoms with Crippen molar-refractivity contribution in [3.05, 3.63) is 151 Å². The van der Waals surface area contributed by atoms with Crippen LogP contribution in [0, 0.1) is 0 Å². The molecule has 6 heterocycles. The van der Waals surface area contributed by atoms with Crippen molar-refractivity contribution in [2.24, 2.45) is 33.3 Å². The molecule has 1 aromatic carbocycles. The standard InChI is InChI=1S/C15H16N2O4.C8H10N2O4.C7H7N5O3.2C7H8N2O4.C5H4N2O4/c1-17-13(15(19)20-2)8-12(16-17)9-14(18)21-10-11-6-4-3-5-7-11;1-10-6(8(12)14-3)4-5(9-10)7(11)13-2;1-12-5(7(14)15-2)3-4(10-12)6(13)9-11-8;1-12-6(10)4-3-5(9-8-4)7(11)13-2;1-9-5(7(12)13-2)3-4(8-9)6(10)11;8-4(9)2-1-3(5(10)11)7-6-2/h3-8H,9-10H2,1-2H3;4H,1-3H3;3H,1-2H3;3H,1-2H3,(H,8,9);3H,1-2H3,(H,10,11);1H,(H,6,7)(H,8,9)(H,10,11). The van der Waals surface area contributed by atoms with E-state index in [1.54, 1.807) is 14.1 Å². The van der Waals surface area contributed by atoms with Crippen molar-refractivity contribution in [3.8, 4) is 0 Å². The summed E-state index contributed by atoms with van der Waals surface area (Å²) in [6.07, 6.45) is 0.0116. The first-order chi connectivity index (χ1) is 41.1. The number of amides is 1. The third-order valence-electron chi connectivity index (χ3n) is 10.1. The lowest BCUT2D eigenvalue weighted by atomic mass is 10.2. The van der Waals surface area contributed by atoms with Gasteiger partial charge >= 0.3 is 65.7 Å². The first-order valence-electron chi connectivity index (χ1n) is 23.5. The molecule has 7 aromatic rings. The molecule has 0 aliphatic rings. The van der Waals surface area contributed by atoms with Crippen molar-refractivity contribution in [2.45, 2.75) is 13.0 Å². The van der Waals surface area contributed by atoms with Crippen LogP contribution < -0.4 is 0 Å². The number of aryl methyl sites for hydroxylation is 4. The van der Waals surface area contributed by atoms with Crippen LogP contribution in [0.5, 0.6) is 0 Å². The number of rotatable bonds is 15. The van der Waals surface area contributed by atoms with Crippen LogP contribution in [0.15, 0.2) is 71.8 Å². The highest BCUT2D eigenvalue weighted by atomic mass is 16.6. The number of ether oxygens (including phenoxy) is 8. The summed E-state index contributed by atoms with van der Waals surface area (Å²) in [5.41, 5.74) is 9.56. The fraction of sp³-hybridized carbons (Fsp3) is 0.265. The van der Waals surface area contributed by atoms with Crippen LogP contribution in [-0.2, 0) is 83.9 Å². The zero-order valence-electron chi connectivity index (χ0n) is 47.6. The van der Waals surface area contributed by atoms with Gasteiger partial charge in [0.1, 0.15) is 46.5 Å². The first-order valence-corrected chi connectivity index (χ1v) is 23.5. The number of carboxylic acids is 3. The molecule has 462 valence electrons. The van der Waals surface area contributed by atoms with Gasteiger partial charge in [-0.1, -0.05) is 30.3 Å². The highest BCUT2D eigenvalue weighted by Crippen LogP contribution is 2.11. The van der Waals surface area contributed by atoms with Crippen molar-refractivity contribution in [1.82, 2.24) is 59.5 Å². The van der Waals surface area contributed by atoms with Crippen LogP contribution >= 0.6 is 0 Å². The van der Waals surface area contributed by atoms with Gasteiger partial charge in [-0.15, -0.1) is 0 Å². The minimum atomic E-state index is -1.26. The number of carbonyl (C=O) groups excluding carboxylic acids is 9. The summed E-state index contributed by atoms with van der Waals surface area (Å²) in [5.74, 6) is -8.94. The summed E-state index contributed by atoms with van der Waals surface area (Å²) in [5, 5.41) is 54.4.